The van der Waals surface area contributed by atoms with Crippen molar-refractivity contribution in [3.8, 4) is 0 Å². The summed E-state index contributed by atoms with van der Waals surface area (Å²) in [5.41, 5.74) is 0. The van der Waals surface area contributed by atoms with Crippen molar-refractivity contribution < 1.29 is 4.39 Å². The van der Waals surface area contributed by atoms with Gasteiger partial charge in [0.15, 0.2) is 0 Å². The van der Waals surface area contributed by atoms with Crippen LogP contribution in [0.25, 0.3) is 0 Å². The molecule has 2 aliphatic rings. The quantitative estimate of drug-likeness (QED) is 0.662. The second-order valence-electron chi connectivity index (χ2n) is 3.94. The summed E-state index contributed by atoms with van der Waals surface area (Å²) in [6.07, 6.45) is 2.51. The molecule has 0 aromatic rings. The number of rotatable bonds is 2. The van der Waals surface area contributed by atoms with Crippen LogP contribution in [0.5, 0.6) is 0 Å². The molecule has 2 rings (SSSR count). The van der Waals surface area contributed by atoms with Gasteiger partial charge >= 0.3 is 0 Å². The molecule has 0 aromatic heterocycles. The molecule has 2 unspecified atom stereocenters. The summed E-state index contributed by atoms with van der Waals surface area (Å²) in [5, 5.41) is 3.34. The fourth-order valence-corrected chi connectivity index (χ4v) is 1.98. The van der Waals surface area contributed by atoms with Crippen LogP contribution < -0.4 is 5.32 Å². The third-order valence-electron chi connectivity index (χ3n) is 2.85. The van der Waals surface area contributed by atoms with Crippen LogP contribution in [0, 0.1) is 0 Å². The molecule has 70 valence electrons. The molecule has 0 amide bonds. The van der Waals surface area contributed by atoms with E-state index in [0.717, 1.165) is 32.5 Å². The molecule has 2 heterocycles. The van der Waals surface area contributed by atoms with Crippen LogP contribution in [-0.4, -0.2) is 43.3 Å². The van der Waals surface area contributed by atoms with Crippen molar-refractivity contribution in [1.29, 1.82) is 0 Å². The van der Waals surface area contributed by atoms with Gasteiger partial charge in [-0.15, -0.1) is 0 Å². The van der Waals surface area contributed by atoms with Crippen LogP contribution in [0.2, 0.25) is 0 Å². The van der Waals surface area contributed by atoms with Crippen molar-refractivity contribution in [2.24, 2.45) is 0 Å². The predicted octanol–water partition coefficient (Wildman–Crippen LogP) is 0.782. The first kappa shape index (κ1) is 8.45. The number of nitrogens with zero attached hydrogens (tertiary/aromatic N) is 1. The summed E-state index contributed by atoms with van der Waals surface area (Å²) in [6.45, 7) is 3.97. The Morgan fingerprint density at radius 3 is 2.83 bits per heavy atom. The van der Waals surface area contributed by atoms with Crippen LogP contribution >= 0.6 is 0 Å². The SMILES string of the molecule is FC1CCCN(CC2CCN2)C1. The maximum Gasteiger partial charge on any atom is 0.113 e. The van der Waals surface area contributed by atoms with Gasteiger partial charge in [-0.3, -0.25) is 4.90 Å². The maximum atomic E-state index is 12.9. The Labute approximate surface area is 73.1 Å². The first-order valence-electron chi connectivity index (χ1n) is 4.94. The minimum absolute atomic E-state index is 0.571. The maximum absolute atomic E-state index is 12.9. The van der Waals surface area contributed by atoms with Gasteiger partial charge in [0.2, 0.25) is 0 Å². The topological polar surface area (TPSA) is 15.3 Å². The monoisotopic (exact) mass is 172 g/mol. The molecule has 2 saturated heterocycles. The molecule has 0 spiro atoms. The van der Waals surface area contributed by atoms with Crippen molar-refractivity contribution in [1.82, 2.24) is 10.2 Å². The normalized spacial score (nSPS) is 37.8. The number of likely N-dealkylation sites (tertiary alicyclic amines) is 1. The van der Waals surface area contributed by atoms with Crippen molar-refractivity contribution >= 4 is 0 Å². The van der Waals surface area contributed by atoms with E-state index in [1.165, 1.54) is 6.42 Å². The summed E-state index contributed by atoms with van der Waals surface area (Å²) in [5.74, 6) is 0. The van der Waals surface area contributed by atoms with E-state index in [4.69, 9.17) is 0 Å². The molecule has 2 fully saturated rings. The van der Waals surface area contributed by atoms with Crippen molar-refractivity contribution in [2.75, 3.05) is 26.2 Å². The van der Waals surface area contributed by atoms with E-state index >= 15 is 0 Å². The smallest absolute Gasteiger partial charge is 0.113 e. The number of nitrogens with one attached hydrogen (secondary N) is 1. The molecule has 12 heavy (non-hydrogen) atoms. The second-order valence-corrected chi connectivity index (χ2v) is 3.94. The van der Waals surface area contributed by atoms with Crippen LogP contribution in [0.1, 0.15) is 19.3 Å². The summed E-state index contributed by atoms with van der Waals surface area (Å²) in [6, 6.07) is 0.648. The lowest BCUT2D eigenvalue weighted by Gasteiger charge is -2.36. The summed E-state index contributed by atoms with van der Waals surface area (Å²) >= 11 is 0. The van der Waals surface area contributed by atoms with E-state index in [0.29, 0.717) is 12.6 Å². The van der Waals surface area contributed by atoms with E-state index in [2.05, 4.69) is 10.2 Å². The fraction of sp³-hybridized carbons (Fsp3) is 1.00. The lowest BCUT2D eigenvalue weighted by molar-refractivity contribution is 0.117. The Balaban J connectivity index is 1.71. The van der Waals surface area contributed by atoms with Crippen LogP contribution in [0.4, 0.5) is 4.39 Å². The first-order chi connectivity index (χ1) is 5.84. The van der Waals surface area contributed by atoms with Crippen LogP contribution in [0.3, 0.4) is 0 Å². The highest BCUT2D eigenvalue weighted by Crippen LogP contribution is 2.14. The molecular formula is C9H17FN2. The third kappa shape index (κ3) is 1.96. The minimum Gasteiger partial charge on any atom is -0.313 e. The van der Waals surface area contributed by atoms with Gasteiger partial charge in [0.1, 0.15) is 6.17 Å². The van der Waals surface area contributed by atoms with Gasteiger partial charge in [0, 0.05) is 19.1 Å². The van der Waals surface area contributed by atoms with E-state index in [-0.39, 0.29) is 0 Å². The zero-order valence-electron chi connectivity index (χ0n) is 7.43. The van der Waals surface area contributed by atoms with Crippen LogP contribution in [-0.2, 0) is 0 Å². The van der Waals surface area contributed by atoms with Gasteiger partial charge in [-0.25, -0.2) is 4.39 Å². The Bertz CT molecular complexity index is 147. The Morgan fingerprint density at radius 1 is 1.42 bits per heavy atom. The highest BCUT2D eigenvalue weighted by molar-refractivity contribution is 4.83. The van der Waals surface area contributed by atoms with Gasteiger partial charge in [-0.2, -0.15) is 0 Å². The van der Waals surface area contributed by atoms with Crippen molar-refractivity contribution in [2.45, 2.75) is 31.5 Å². The number of piperidine rings is 1. The summed E-state index contributed by atoms with van der Waals surface area (Å²) < 4.78 is 12.9. The molecule has 0 aromatic carbocycles. The molecule has 3 heteroatoms. The summed E-state index contributed by atoms with van der Waals surface area (Å²) in [7, 11) is 0. The number of hydrogen-bond acceptors (Lipinski definition) is 2. The average Bonchev–Trinajstić information content (AvgIpc) is 1.97. The molecule has 0 saturated carbocycles. The second kappa shape index (κ2) is 3.71. The fourth-order valence-electron chi connectivity index (χ4n) is 1.98. The Hall–Kier alpha value is -0.150. The van der Waals surface area contributed by atoms with Crippen molar-refractivity contribution in [3.63, 3.8) is 0 Å². The van der Waals surface area contributed by atoms with Gasteiger partial charge < -0.3 is 5.32 Å². The Kier molecular flexibility index (Phi) is 2.61. The average molecular weight is 172 g/mol. The number of hydrogen-bond donors (Lipinski definition) is 1. The predicted molar refractivity (Wildman–Crippen MR) is 47.0 cm³/mol. The molecule has 2 aliphatic heterocycles. The molecule has 2 atom stereocenters. The lowest BCUT2D eigenvalue weighted by Crippen LogP contribution is -2.52. The standard InChI is InChI=1S/C9H17FN2/c10-8-2-1-5-12(6-8)7-9-3-4-11-9/h8-9,11H,1-7H2. The zero-order valence-corrected chi connectivity index (χ0v) is 7.43. The van der Waals surface area contributed by atoms with Gasteiger partial charge in [-0.05, 0) is 32.4 Å². The highest BCUT2D eigenvalue weighted by Gasteiger charge is 2.24. The van der Waals surface area contributed by atoms with Gasteiger partial charge in [-0.1, -0.05) is 0 Å². The van der Waals surface area contributed by atoms with Crippen LogP contribution in [0.15, 0.2) is 0 Å². The van der Waals surface area contributed by atoms with E-state index in [9.17, 15) is 4.39 Å². The third-order valence-corrected chi connectivity index (χ3v) is 2.85. The first-order valence-corrected chi connectivity index (χ1v) is 4.94. The molecular weight excluding hydrogens is 155 g/mol. The minimum atomic E-state index is -0.571. The number of halogens is 1. The summed E-state index contributed by atoms with van der Waals surface area (Å²) in [4.78, 5) is 2.25. The highest BCUT2D eigenvalue weighted by atomic mass is 19.1. The molecule has 0 radical (unpaired) electrons. The lowest BCUT2D eigenvalue weighted by atomic mass is 10.0. The Morgan fingerprint density at radius 2 is 2.25 bits per heavy atom. The van der Waals surface area contributed by atoms with Gasteiger partial charge in [0.05, 0.1) is 0 Å². The molecule has 2 nitrogen and oxygen atoms in total. The zero-order chi connectivity index (χ0) is 8.39. The van der Waals surface area contributed by atoms with Crippen molar-refractivity contribution in [3.05, 3.63) is 0 Å². The van der Waals surface area contributed by atoms with E-state index in [1.807, 2.05) is 0 Å². The van der Waals surface area contributed by atoms with Gasteiger partial charge in [0.25, 0.3) is 0 Å². The van der Waals surface area contributed by atoms with E-state index < -0.39 is 6.17 Å². The number of alkyl halides is 1. The largest absolute Gasteiger partial charge is 0.313 e. The molecule has 1 N–H and O–H groups in total. The molecule has 0 bridgehead atoms. The molecule has 0 aliphatic carbocycles. The van der Waals surface area contributed by atoms with E-state index in [1.54, 1.807) is 0 Å².